The second kappa shape index (κ2) is 11.3. The summed E-state index contributed by atoms with van der Waals surface area (Å²) in [5, 5.41) is 18.8. The molecule has 0 fully saturated rings. The molecule has 0 aliphatic carbocycles. The van der Waals surface area contributed by atoms with Crippen molar-refractivity contribution in [1.82, 2.24) is 0 Å². The number of phenols is 2. The Morgan fingerprint density at radius 2 is 1.41 bits per heavy atom. The molecule has 0 amide bonds. The SMILES string of the molecule is C.C.CC(C)C(C)c1cc(O)ccc1O.[W].[W]. The van der Waals surface area contributed by atoms with Crippen LogP contribution < -0.4 is 0 Å². The van der Waals surface area contributed by atoms with Crippen LogP contribution in [0.5, 0.6) is 11.5 Å². The molecule has 0 aliphatic rings. The van der Waals surface area contributed by atoms with Gasteiger partial charge in [0.25, 0.3) is 0 Å². The number of benzene rings is 1. The van der Waals surface area contributed by atoms with E-state index in [1.54, 1.807) is 6.07 Å². The Balaban J connectivity index is -0.000000211. The summed E-state index contributed by atoms with van der Waals surface area (Å²) in [5.74, 6) is 1.18. The molecule has 2 nitrogen and oxygen atoms in total. The standard InChI is InChI=1S/C11H16O2.2CH4.2W/c1-7(2)8(3)10-6-9(12)4-5-11(10)13;;;;/h4-8,12-13H,1-3H3;2*1H4;;. The van der Waals surface area contributed by atoms with Crippen molar-refractivity contribution in [2.75, 3.05) is 0 Å². The second-order valence-electron chi connectivity index (χ2n) is 3.78. The first-order chi connectivity index (χ1) is 6.02. The van der Waals surface area contributed by atoms with Gasteiger partial charge in [-0.2, -0.15) is 0 Å². The summed E-state index contributed by atoms with van der Waals surface area (Å²) in [6.07, 6.45) is 0. The topological polar surface area (TPSA) is 40.5 Å². The van der Waals surface area contributed by atoms with Crippen LogP contribution >= 0.6 is 0 Å². The molecule has 0 saturated heterocycles. The number of hydrogen-bond acceptors (Lipinski definition) is 2. The third-order valence-electron chi connectivity index (χ3n) is 2.50. The number of rotatable bonds is 2. The Labute approximate surface area is 134 Å². The van der Waals surface area contributed by atoms with E-state index in [0.717, 1.165) is 5.56 Å². The zero-order valence-corrected chi connectivity index (χ0v) is 15.0. The third-order valence-corrected chi connectivity index (χ3v) is 2.50. The van der Waals surface area contributed by atoms with Crippen LogP contribution in [0.2, 0.25) is 0 Å². The molecular weight excluding hydrogens is 556 g/mol. The first-order valence-electron chi connectivity index (χ1n) is 4.54. The number of aromatic hydroxyl groups is 2. The Morgan fingerprint density at radius 1 is 0.941 bits per heavy atom. The number of phenolic OH excluding ortho intramolecular Hbond substituents is 2. The normalized spacial score (nSPS) is 10.1. The molecule has 0 bridgehead atoms. The average molecular weight is 580 g/mol. The van der Waals surface area contributed by atoms with Gasteiger partial charge in [-0.3, -0.25) is 0 Å². The summed E-state index contributed by atoms with van der Waals surface area (Å²) in [4.78, 5) is 0. The maximum absolute atomic E-state index is 9.54. The fourth-order valence-electron chi connectivity index (χ4n) is 1.27. The smallest absolute Gasteiger partial charge is 0.119 e. The van der Waals surface area contributed by atoms with E-state index in [1.165, 1.54) is 12.1 Å². The minimum Gasteiger partial charge on any atom is -0.508 e. The molecule has 0 saturated carbocycles. The fraction of sp³-hybridized carbons (Fsp3) is 0.538. The van der Waals surface area contributed by atoms with Crippen LogP contribution in [-0.2, 0) is 42.1 Å². The van der Waals surface area contributed by atoms with E-state index in [4.69, 9.17) is 0 Å². The van der Waals surface area contributed by atoms with Gasteiger partial charge in [0, 0.05) is 47.7 Å². The number of hydrogen-bond donors (Lipinski definition) is 2. The second-order valence-corrected chi connectivity index (χ2v) is 3.78. The summed E-state index contributed by atoms with van der Waals surface area (Å²) in [7, 11) is 0. The zero-order chi connectivity index (χ0) is 10.0. The van der Waals surface area contributed by atoms with Crippen molar-refractivity contribution in [2.24, 2.45) is 5.92 Å². The molecule has 1 aromatic rings. The van der Waals surface area contributed by atoms with Crippen LogP contribution in [0.1, 0.15) is 47.1 Å². The van der Waals surface area contributed by atoms with Gasteiger partial charge in [-0.15, -0.1) is 0 Å². The molecule has 0 spiro atoms. The van der Waals surface area contributed by atoms with Gasteiger partial charge >= 0.3 is 0 Å². The predicted octanol–water partition coefficient (Wildman–Crippen LogP) is 4.12. The molecule has 2 N–H and O–H groups in total. The molecule has 0 heterocycles. The monoisotopic (exact) mass is 580 g/mol. The molecule has 1 rings (SSSR count). The van der Waals surface area contributed by atoms with Crippen molar-refractivity contribution >= 4 is 0 Å². The summed E-state index contributed by atoms with van der Waals surface area (Å²) in [5.41, 5.74) is 0.815. The van der Waals surface area contributed by atoms with Gasteiger partial charge in [-0.05, 0) is 30.0 Å². The van der Waals surface area contributed by atoms with Gasteiger partial charge in [0.05, 0.1) is 0 Å². The van der Waals surface area contributed by atoms with E-state index in [1.807, 2.05) is 6.92 Å². The van der Waals surface area contributed by atoms with Crippen molar-refractivity contribution in [3.63, 3.8) is 0 Å². The van der Waals surface area contributed by atoms with Crippen LogP contribution in [0.4, 0.5) is 0 Å². The van der Waals surface area contributed by atoms with Gasteiger partial charge in [-0.25, -0.2) is 0 Å². The van der Waals surface area contributed by atoms with Gasteiger partial charge in [0.1, 0.15) is 11.5 Å². The van der Waals surface area contributed by atoms with Crippen molar-refractivity contribution in [3.05, 3.63) is 23.8 Å². The summed E-state index contributed by atoms with van der Waals surface area (Å²) >= 11 is 0. The Bertz CT molecular complexity index is 301. The largest absolute Gasteiger partial charge is 0.508 e. The molecule has 100 valence electrons. The molecule has 0 aromatic heterocycles. The fourth-order valence-corrected chi connectivity index (χ4v) is 1.27. The van der Waals surface area contributed by atoms with E-state index in [-0.39, 0.29) is 74.4 Å². The minimum absolute atomic E-state index is 0. The van der Waals surface area contributed by atoms with Crippen molar-refractivity contribution < 1.29 is 52.3 Å². The summed E-state index contributed by atoms with van der Waals surface area (Å²) < 4.78 is 0. The minimum atomic E-state index is 0. The zero-order valence-electron chi connectivity index (χ0n) is 9.10. The Hall–Kier alpha value is 0.197. The van der Waals surface area contributed by atoms with Gasteiger partial charge < -0.3 is 10.2 Å². The van der Waals surface area contributed by atoms with Crippen LogP contribution in [-0.4, -0.2) is 10.2 Å². The predicted molar refractivity (Wildman–Crippen MR) is 66.5 cm³/mol. The summed E-state index contributed by atoms with van der Waals surface area (Å²) in [6.45, 7) is 6.22. The molecule has 4 heteroatoms. The first kappa shape index (κ1) is 25.9. The van der Waals surface area contributed by atoms with E-state index in [2.05, 4.69) is 13.8 Å². The van der Waals surface area contributed by atoms with Crippen LogP contribution in [0, 0.1) is 5.92 Å². The third kappa shape index (κ3) is 7.27. The Morgan fingerprint density at radius 3 is 1.82 bits per heavy atom. The van der Waals surface area contributed by atoms with Crippen molar-refractivity contribution in [3.8, 4) is 11.5 Å². The van der Waals surface area contributed by atoms with E-state index in [0.29, 0.717) is 5.92 Å². The van der Waals surface area contributed by atoms with Crippen molar-refractivity contribution in [1.29, 1.82) is 0 Å². The molecule has 17 heavy (non-hydrogen) atoms. The average Bonchev–Trinajstić information content (AvgIpc) is 2.08. The molecule has 1 atom stereocenters. The van der Waals surface area contributed by atoms with Crippen LogP contribution in [0.3, 0.4) is 0 Å². The summed E-state index contributed by atoms with van der Waals surface area (Å²) in [6, 6.07) is 4.65. The molecule has 1 aromatic carbocycles. The maximum atomic E-state index is 9.54. The van der Waals surface area contributed by atoms with E-state index < -0.39 is 0 Å². The first-order valence-corrected chi connectivity index (χ1v) is 4.54. The molecule has 1 unspecified atom stereocenters. The quantitative estimate of drug-likeness (QED) is 0.518. The van der Waals surface area contributed by atoms with Gasteiger partial charge in [0.2, 0.25) is 0 Å². The van der Waals surface area contributed by atoms with Gasteiger partial charge in [-0.1, -0.05) is 35.6 Å². The van der Waals surface area contributed by atoms with Crippen LogP contribution in [0.25, 0.3) is 0 Å². The van der Waals surface area contributed by atoms with E-state index in [9.17, 15) is 10.2 Å². The van der Waals surface area contributed by atoms with Crippen LogP contribution in [0.15, 0.2) is 18.2 Å². The molecule has 0 aliphatic heterocycles. The Kier molecular flexibility index (Phi) is 17.2. The maximum Gasteiger partial charge on any atom is 0.119 e. The van der Waals surface area contributed by atoms with E-state index >= 15 is 0 Å². The molecular formula is C13H24O2W2. The van der Waals surface area contributed by atoms with Gasteiger partial charge in [0.15, 0.2) is 0 Å². The molecule has 0 radical (unpaired) electrons. The van der Waals surface area contributed by atoms with Crippen molar-refractivity contribution in [2.45, 2.75) is 41.5 Å².